The lowest BCUT2D eigenvalue weighted by molar-refractivity contribution is -0.137. The maximum Gasteiger partial charge on any atom is 0.416 e. The number of alkyl halides is 3. The summed E-state index contributed by atoms with van der Waals surface area (Å²) >= 11 is 0. The molecule has 0 spiro atoms. The average molecular weight is 298 g/mol. The highest BCUT2D eigenvalue weighted by Gasteiger charge is 2.30. The largest absolute Gasteiger partial charge is 0.416 e. The molecule has 0 aliphatic rings. The van der Waals surface area contributed by atoms with Gasteiger partial charge in [-0.15, -0.1) is 0 Å². The number of aromatic nitrogens is 2. The monoisotopic (exact) mass is 298 g/mol. The van der Waals surface area contributed by atoms with Crippen LogP contribution in [0.1, 0.15) is 23.2 Å². The fourth-order valence-electron chi connectivity index (χ4n) is 1.99. The molecular formula is C14H17F3N4. The lowest BCUT2D eigenvalue weighted by Gasteiger charge is -2.09. The molecule has 4 N–H and O–H groups in total. The van der Waals surface area contributed by atoms with Gasteiger partial charge in [0.05, 0.1) is 23.1 Å². The van der Waals surface area contributed by atoms with E-state index in [1.165, 1.54) is 6.07 Å². The summed E-state index contributed by atoms with van der Waals surface area (Å²) in [6, 6.07) is 5.30. The first kappa shape index (κ1) is 15.4. The van der Waals surface area contributed by atoms with Crippen LogP contribution in [0.5, 0.6) is 0 Å². The maximum atomic E-state index is 12.7. The molecule has 1 aromatic heterocycles. The zero-order valence-electron chi connectivity index (χ0n) is 11.4. The SMILES string of the molecule is NCCCNc1cn[nH]c1Cc1cccc(C(F)(F)F)c1. The third-order valence-corrected chi connectivity index (χ3v) is 3.05. The third kappa shape index (κ3) is 4.22. The minimum atomic E-state index is -4.33. The predicted octanol–water partition coefficient (Wildman–Crippen LogP) is 2.78. The van der Waals surface area contributed by atoms with Crippen LogP contribution in [0.3, 0.4) is 0 Å². The summed E-state index contributed by atoms with van der Waals surface area (Å²) in [5, 5.41) is 9.90. The standard InChI is InChI=1S/C14H17F3N4/c15-14(16,17)11-4-1-3-10(7-11)8-12-13(9-20-21-12)19-6-2-5-18/h1,3-4,7,9,19H,2,5-6,8,18H2,(H,20,21). The van der Waals surface area contributed by atoms with Gasteiger partial charge in [-0.25, -0.2) is 0 Å². The van der Waals surface area contributed by atoms with Crippen LogP contribution in [0.15, 0.2) is 30.5 Å². The first-order valence-electron chi connectivity index (χ1n) is 6.63. The topological polar surface area (TPSA) is 66.7 Å². The quantitative estimate of drug-likeness (QED) is 0.718. The normalized spacial score (nSPS) is 11.6. The van der Waals surface area contributed by atoms with E-state index in [0.717, 1.165) is 29.9 Å². The van der Waals surface area contributed by atoms with E-state index in [0.29, 0.717) is 25.1 Å². The van der Waals surface area contributed by atoms with Crippen molar-refractivity contribution in [2.24, 2.45) is 5.73 Å². The smallest absolute Gasteiger partial charge is 0.382 e. The summed E-state index contributed by atoms with van der Waals surface area (Å²) in [6.07, 6.45) is -1.53. The zero-order valence-corrected chi connectivity index (χ0v) is 11.4. The second-order valence-corrected chi connectivity index (χ2v) is 4.71. The first-order chi connectivity index (χ1) is 10.0. The van der Waals surface area contributed by atoms with E-state index < -0.39 is 11.7 Å². The molecule has 0 saturated heterocycles. The number of nitrogens with one attached hydrogen (secondary N) is 2. The van der Waals surface area contributed by atoms with E-state index in [2.05, 4.69) is 15.5 Å². The van der Waals surface area contributed by atoms with Crippen LogP contribution in [0.2, 0.25) is 0 Å². The number of hydrogen-bond acceptors (Lipinski definition) is 3. The van der Waals surface area contributed by atoms with E-state index in [4.69, 9.17) is 5.73 Å². The van der Waals surface area contributed by atoms with Gasteiger partial charge in [0.1, 0.15) is 0 Å². The van der Waals surface area contributed by atoms with Gasteiger partial charge in [0.25, 0.3) is 0 Å². The van der Waals surface area contributed by atoms with E-state index in [9.17, 15) is 13.2 Å². The molecule has 0 radical (unpaired) electrons. The molecule has 0 fully saturated rings. The van der Waals surface area contributed by atoms with Crippen LogP contribution in [-0.2, 0) is 12.6 Å². The second kappa shape index (κ2) is 6.62. The van der Waals surface area contributed by atoms with E-state index in [1.54, 1.807) is 12.3 Å². The maximum absolute atomic E-state index is 12.7. The van der Waals surface area contributed by atoms with Crippen molar-refractivity contribution in [2.75, 3.05) is 18.4 Å². The lowest BCUT2D eigenvalue weighted by atomic mass is 10.1. The highest BCUT2D eigenvalue weighted by Crippen LogP contribution is 2.30. The summed E-state index contributed by atoms with van der Waals surface area (Å²) < 4.78 is 38.1. The fourth-order valence-corrected chi connectivity index (χ4v) is 1.99. The molecule has 7 heteroatoms. The van der Waals surface area contributed by atoms with Gasteiger partial charge in [-0.3, -0.25) is 5.10 Å². The fraction of sp³-hybridized carbons (Fsp3) is 0.357. The summed E-state index contributed by atoms with van der Waals surface area (Å²) in [6.45, 7) is 1.28. The molecule has 1 aromatic carbocycles. The molecule has 0 aliphatic heterocycles. The third-order valence-electron chi connectivity index (χ3n) is 3.05. The van der Waals surface area contributed by atoms with E-state index >= 15 is 0 Å². The molecule has 2 rings (SSSR count). The molecule has 0 aliphatic carbocycles. The number of anilines is 1. The minimum Gasteiger partial charge on any atom is -0.382 e. The first-order valence-corrected chi connectivity index (χ1v) is 6.63. The Kier molecular flexibility index (Phi) is 4.85. The van der Waals surface area contributed by atoms with Crippen molar-refractivity contribution < 1.29 is 13.2 Å². The second-order valence-electron chi connectivity index (χ2n) is 4.71. The molecule has 0 saturated carbocycles. The van der Waals surface area contributed by atoms with Crippen molar-refractivity contribution in [2.45, 2.75) is 19.0 Å². The number of nitrogens with zero attached hydrogens (tertiary/aromatic N) is 1. The number of halogens is 3. The highest BCUT2D eigenvalue weighted by molar-refractivity contribution is 5.48. The molecule has 4 nitrogen and oxygen atoms in total. The van der Waals surface area contributed by atoms with Gasteiger partial charge in [-0.05, 0) is 24.6 Å². The van der Waals surface area contributed by atoms with Gasteiger partial charge in [0.15, 0.2) is 0 Å². The number of nitrogens with two attached hydrogens (primary N) is 1. The predicted molar refractivity (Wildman–Crippen MR) is 75.0 cm³/mol. The lowest BCUT2D eigenvalue weighted by Crippen LogP contribution is -2.09. The van der Waals surface area contributed by atoms with Gasteiger partial charge in [0, 0.05) is 13.0 Å². The Balaban J connectivity index is 2.10. The van der Waals surface area contributed by atoms with Crippen molar-refractivity contribution in [3.63, 3.8) is 0 Å². The molecule has 0 atom stereocenters. The van der Waals surface area contributed by atoms with Crippen LogP contribution < -0.4 is 11.1 Å². The molecular weight excluding hydrogens is 281 g/mol. The van der Waals surface area contributed by atoms with E-state index in [-0.39, 0.29) is 0 Å². The Labute approximate surface area is 120 Å². The van der Waals surface area contributed by atoms with Crippen molar-refractivity contribution >= 4 is 5.69 Å². The number of rotatable bonds is 6. The van der Waals surface area contributed by atoms with E-state index in [1.807, 2.05) is 0 Å². The summed E-state index contributed by atoms with van der Waals surface area (Å²) in [5.74, 6) is 0. The Bertz CT molecular complexity index is 578. The minimum absolute atomic E-state index is 0.356. The number of H-pyrrole nitrogens is 1. The Morgan fingerprint density at radius 1 is 1.29 bits per heavy atom. The van der Waals surface area contributed by atoms with Crippen LogP contribution in [0, 0.1) is 0 Å². The Morgan fingerprint density at radius 2 is 2.10 bits per heavy atom. The molecule has 1 heterocycles. The Hall–Kier alpha value is -2.02. The van der Waals surface area contributed by atoms with Crippen LogP contribution in [-0.4, -0.2) is 23.3 Å². The van der Waals surface area contributed by atoms with Crippen LogP contribution in [0.4, 0.5) is 18.9 Å². The summed E-state index contributed by atoms with van der Waals surface area (Å²) in [7, 11) is 0. The van der Waals surface area contributed by atoms with Crippen LogP contribution >= 0.6 is 0 Å². The summed E-state index contributed by atoms with van der Waals surface area (Å²) in [5.41, 5.74) is 6.90. The van der Waals surface area contributed by atoms with Crippen LogP contribution in [0.25, 0.3) is 0 Å². The van der Waals surface area contributed by atoms with Gasteiger partial charge in [-0.1, -0.05) is 18.2 Å². The van der Waals surface area contributed by atoms with Gasteiger partial charge >= 0.3 is 6.18 Å². The van der Waals surface area contributed by atoms with Gasteiger partial charge in [0.2, 0.25) is 0 Å². The van der Waals surface area contributed by atoms with Gasteiger partial charge < -0.3 is 11.1 Å². The highest BCUT2D eigenvalue weighted by atomic mass is 19.4. The summed E-state index contributed by atoms with van der Waals surface area (Å²) in [4.78, 5) is 0. The molecule has 0 unspecified atom stereocenters. The Morgan fingerprint density at radius 3 is 2.81 bits per heavy atom. The molecule has 2 aromatic rings. The average Bonchev–Trinajstić information content (AvgIpc) is 2.86. The number of aromatic amines is 1. The molecule has 114 valence electrons. The van der Waals surface area contributed by atoms with Crippen molar-refractivity contribution in [3.8, 4) is 0 Å². The zero-order chi connectivity index (χ0) is 15.3. The molecule has 0 bridgehead atoms. The molecule has 0 amide bonds. The number of benzene rings is 1. The van der Waals surface area contributed by atoms with Gasteiger partial charge in [-0.2, -0.15) is 18.3 Å². The van der Waals surface area contributed by atoms with Crippen molar-refractivity contribution in [1.29, 1.82) is 0 Å². The van der Waals surface area contributed by atoms with Crippen molar-refractivity contribution in [1.82, 2.24) is 10.2 Å². The number of hydrogen-bond donors (Lipinski definition) is 3. The van der Waals surface area contributed by atoms with Crippen molar-refractivity contribution in [3.05, 3.63) is 47.3 Å². The molecule has 21 heavy (non-hydrogen) atoms.